The van der Waals surface area contributed by atoms with Crippen molar-refractivity contribution in [1.29, 1.82) is 0 Å². The van der Waals surface area contributed by atoms with Gasteiger partial charge in [-0.05, 0) is 44.1 Å². The molecule has 1 rings (SSSR count). The number of nitrogens with one attached hydrogen (secondary N) is 1. The number of nitrogen functional groups attached to an aromatic ring is 1. The van der Waals surface area contributed by atoms with Crippen molar-refractivity contribution < 1.29 is 12.8 Å². The van der Waals surface area contributed by atoms with Gasteiger partial charge in [0, 0.05) is 13.1 Å². The van der Waals surface area contributed by atoms with Gasteiger partial charge in [0.1, 0.15) is 5.82 Å². The minimum absolute atomic E-state index is 0.0158. The van der Waals surface area contributed by atoms with E-state index in [1.54, 1.807) is 6.92 Å². The van der Waals surface area contributed by atoms with Crippen molar-refractivity contribution in [2.75, 3.05) is 32.9 Å². The number of hydrogen-bond acceptors (Lipinski definition) is 4. The standard InChI is InChI=1S/C14H24FN3O2S/c1-10-6-11(15)12(16)7-13(10)21(19,20)17-8-14(2,3)9-18(4)5/h6-7,17H,8-9,16H2,1-5H3. The highest BCUT2D eigenvalue weighted by Gasteiger charge is 2.24. The Morgan fingerprint density at radius 2 is 1.90 bits per heavy atom. The molecule has 0 saturated heterocycles. The van der Waals surface area contributed by atoms with Gasteiger partial charge in [0.2, 0.25) is 10.0 Å². The van der Waals surface area contributed by atoms with Gasteiger partial charge < -0.3 is 10.6 Å². The molecule has 0 aliphatic heterocycles. The summed E-state index contributed by atoms with van der Waals surface area (Å²) in [6.45, 7) is 6.51. The zero-order valence-corrected chi connectivity index (χ0v) is 14.0. The van der Waals surface area contributed by atoms with Crippen molar-refractivity contribution in [1.82, 2.24) is 9.62 Å². The van der Waals surface area contributed by atoms with Crippen LogP contribution in [0.2, 0.25) is 0 Å². The number of nitrogens with zero attached hydrogens (tertiary/aromatic N) is 1. The molecule has 0 bridgehead atoms. The predicted molar refractivity (Wildman–Crippen MR) is 83.1 cm³/mol. The molecule has 3 N–H and O–H groups in total. The van der Waals surface area contributed by atoms with E-state index >= 15 is 0 Å². The molecule has 0 aliphatic rings. The molecular weight excluding hydrogens is 293 g/mol. The third-order valence-corrected chi connectivity index (χ3v) is 4.61. The Balaban J connectivity index is 2.95. The number of hydrogen-bond donors (Lipinski definition) is 2. The van der Waals surface area contributed by atoms with E-state index in [4.69, 9.17) is 5.73 Å². The van der Waals surface area contributed by atoms with Gasteiger partial charge in [-0.25, -0.2) is 17.5 Å². The number of halogens is 1. The summed E-state index contributed by atoms with van der Waals surface area (Å²) in [4.78, 5) is 2.01. The van der Waals surface area contributed by atoms with Crippen molar-refractivity contribution >= 4 is 15.7 Å². The maximum Gasteiger partial charge on any atom is 0.240 e. The summed E-state index contributed by atoms with van der Waals surface area (Å²) in [7, 11) is 0.149. The van der Waals surface area contributed by atoms with Crippen LogP contribution < -0.4 is 10.5 Å². The lowest BCUT2D eigenvalue weighted by molar-refractivity contribution is 0.242. The molecule has 1 aromatic carbocycles. The second kappa shape index (κ2) is 6.29. The van der Waals surface area contributed by atoms with Crippen molar-refractivity contribution in [2.45, 2.75) is 25.7 Å². The molecule has 0 unspecified atom stereocenters. The number of anilines is 1. The molecular formula is C14H24FN3O2S. The van der Waals surface area contributed by atoms with E-state index in [1.807, 2.05) is 32.8 Å². The highest BCUT2D eigenvalue weighted by Crippen LogP contribution is 2.22. The molecule has 0 atom stereocenters. The van der Waals surface area contributed by atoms with Gasteiger partial charge in [-0.3, -0.25) is 0 Å². The number of sulfonamides is 1. The van der Waals surface area contributed by atoms with E-state index in [9.17, 15) is 12.8 Å². The van der Waals surface area contributed by atoms with Crippen LogP contribution >= 0.6 is 0 Å². The number of aryl methyl sites for hydroxylation is 1. The Kier molecular flexibility index (Phi) is 5.35. The third kappa shape index (κ3) is 4.94. The summed E-state index contributed by atoms with van der Waals surface area (Å²) in [5, 5.41) is 0. The molecule has 0 amide bonds. The predicted octanol–water partition coefficient (Wildman–Crippen LogP) is 1.58. The van der Waals surface area contributed by atoms with Crippen molar-refractivity contribution in [3.05, 3.63) is 23.5 Å². The van der Waals surface area contributed by atoms with Gasteiger partial charge in [-0.2, -0.15) is 0 Å². The molecule has 0 radical (unpaired) electrons. The first-order valence-electron chi connectivity index (χ1n) is 6.65. The molecule has 0 heterocycles. The minimum Gasteiger partial charge on any atom is -0.396 e. The topological polar surface area (TPSA) is 75.4 Å². The average Bonchev–Trinajstić information content (AvgIpc) is 2.30. The Labute approximate surface area is 126 Å². The lowest BCUT2D eigenvalue weighted by Gasteiger charge is -2.28. The second-order valence-electron chi connectivity index (χ2n) is 6.37. The highest BCUT2D eigenvalue weighted by molar-refractivity contribution is 7.89. The number of benzene rings is 1. The fourth-order valence-corrected chi connectivity index (χ4v) is 3.74. The van der Waals surface area contributed by atoms with Crippen LogP contribution in [0.5, 0.6) is 0 Å². The maximum atomic E-state index is 13.3. The van der Waals surface area contributed by atoms with Crippen LogP contribution in [-0.4, -0.2) is 40.5 Å². The molecule has 0 aromatic heterocycles. The van der Waals surface area contributed by atoms with E-state index in [0.29, 0.717) is 5.56 Å². The average molecular weight is 317 g/mol. The first-order valence-corrected chi connectivity index (χ1v) is 8.13. The largest absolute Gasteiger partial charge is 0.396 e. The Morgan fingerprint density at radius 1 is 1.33 bits per heavy atom. The normalized spacial score (nSPS) is 12.9. The highest BCUT2D eigenvalue weighted by atomic mass is 32.2. The van der Waals surface area contributed by atoms with Crippen molar-refractivity contribution in [3.63, 3.8) is 0 Å². The van der Waals surface area contributed by atoms with Crippen LogP contribution in [-0.2, 0) is 10.0 Å². The molecule has 0 saturated carbocycles. The molecule has 5 nitrogen and oxygen atoms in total. The van der Waals surface area contributed by atoms with Crippen molar-refractivity contribution in [3.8, 4) is 0 Å². The van der Waals surface area contributed by atoms with E-state index in [0.717, 1.165) is 18.7 Å². The smallest absolute Gasteiger partial charge is 0.240 e. The molecule has 7 heteroatoms. The van der Waals surface area contributed by atoms with E-state index < -0.39 is 15.8 Å². The van der Waals surface area contributed by atoms with Crippen LogP contribution in [0.4, 0.5) is 10.1 Å². The molecule has 21 heavy (non-hydrogen) atoms. The van der Waals surface area contributed by atoms with Gasteiger partial charge in [0.25, 0.3) is 0 Å². The monoisotopic (exact) mass is 317 g/mol. The Morgan fingerprint density at radius 3 is 2.43 bits per heavy atom. The minimum atomic E-state index is -3.71. The van der Waals surface area contributed by atoms with Crippen LogP contribution in [0, 0.1) is 18.2 Å². The summed E-state index contributed by atoms with van der Waals surface area (Å²) in [5.41, 5.74) is 5.39. The van der Waals surface area contributed by atoms with Crippen LogP contribution in [0.1, 0.15) is 19.4 Å². The van der Waals surface area contributed by atoms with E-state index in [-0.39, 0.29) is 22.5 Å². The summed E-state index contributed by atoms with van der Waals surface area (Å²) in [6, 6.07) is 2.29. The Bertz CT molecular complexity index is 613. The lowest BCUT2D eigenvalue weighted by atomic mass is 9.93. The Hall–Kier alpha value is -1.18. The zero-order chi connectivity index (χ0) is 16.4. The van der Waals surface area contributed by atoms with Crippen LogP contribution in [0.3, 0.4) is 0 Å². The lowest BCUT2D eigenvalue weighted by Crippen LogP contribution is -2.40. The number of nitrogens with two attached hydrogens (primary N) is 1. The van der Waals surface area contributed by atoms with Gasteiger partial charge in [-0.15, -0.1) is 0 Å². The van der Waals surface area contributed by atoms with Crippen LogP contribution in [0.25, 0.3) is 0 Å². The molecule has 1 aromatic rings. The first kappa shape index (κ1) is 17.9. The van der Waals surface area contributed by atoms with E-state index in [2.05, 4.69) is 4.72 Å². The summed E-state index contributed by atoms with van der Waals surface area (Å²) in [5.74, 6) is -0.612. The zero-order valence-electron chi connectivity index (χ0n) is 13.2. The summed E-state index contributed by atoms with van der Waals surface area (Å²) in [6.07, 6.45) is 0. The van der Waals surface area contributed by atoms with Gasteiger partial charge in [-0.1, -0.05) is 13.8 Å². The summed E-state index contributed by atoms with van der Waals surface area (Å²) >= 11 is 0. The fraction of sp³-hybridized carbons (Fsp3) is 0.571. The fourth-order valence-electron chi connectivity index (χ4n) is 2.24. The van der Waals surface area contributed by atoms with E-state index in [1.165, 1.54) is 0 Å². The first-order chi connectivity index (χ1) is 9.44. The quantitative estimate of drug-likeness (QED) is 0.781. The van der Waals surface area contributed by atoms with Crippen LogP contribution in [0.15, 0.2) is 17.0 Å². The van der Waals surface area contributed by atoms with Gasteiger partial charge in [0.15, 0.2) is 0 Å². The second-order valence-corrected chi connectivity index (χ2v) is 8.10. The molecule has 0 fully saturated rings. The van der Waals surface area contributed by atoms with Gasteiger partial charge >= 0.3 is 0 Å². The number of rotatable bonds is 6. The van der Waals surface area contributed by atoms with Crippen molar-refractivity contribution in [2.24, 2.45) is 5.41 Å². The third-order valence-electron chi connectivity index (χ3n) is 3.07. The molecule has 0 aliphatic carbocycles. The SMILES string of the molecule is Cc1cc(F)c(N)cc1S(=O)(=O)NCC(C)(C)CN(C)C. The summed E-state index contributed by atoms with van der Waals surface area (Å²) < 4.78 is 40.6. The molecule has 120 valence electrons. The maximum absolute atomic E-state index is 13.3. The van der Waals surface area contributed by atoms with Gasteiger partial charge in [0.05, 0.1) is 10.6 Å². The molecule has 0 spiro atoms.